The van der Waals surface area contributed by atoms with Gasteiger partial charge in [0.2, 0.25) is 0 Å². The Balaban J connectivity index is 1.44. The van der Waals surface area contributed by atoms with E-state index in [9.17, 15) is 0 Å². The zero-order valence-electron chi connectivity index (χ0n) is 23.8. The van der Waals surface area contributed by atoms with Crippen LogP contribution >= 0.6 is 35.4 Å². The van der Waals surface area contributed by atoms with Crippen LogP contribution in [0.3, 0.4) is 0 Å². The molecule has 2 saturated heterocycles. The van der Waals surface area contributed by atoms with E-state index in [0.29, 0.717) is 22.0 Å². The average molecular weight is 605 g/mol. The van der Waals surface area contributed by atoms with E-state index in [1.54, 1.807) is 0 Å². The third-order valence-electron chi connectivity index (χ3n) is 8.37. The van der Waals surface area contributed by atoms with Crippen molar-refractivity contribution < 1.29 is 0 Å². The van der Waals surface area contributed by atoms with Crippen LogP contribution < -0.4 is 15.1 Å². The molecule has 8 heteroatoms. The third kappa shape index (κ3) is 5.33. The van der Waals surface area contributed by atoms with Gasteiger partial charge in [-0.15, -0.1) is 0 Å². The lowest BCUT2D eigenvalue weighted by molar-refractivity contribution is 0.357. The van der Waals surface area contributed by atoms with Gasteiger partial charge in [-0.1, -0.05) is 49.2 Å². The summed E-state index contributed by atoms with van der Waals surface area (Å²) in [5.74, 6) is 1.28. The predicted octanol–water partition coefficient (Wildman–Crippen LogP) is 8.46. The number of aromatic nitrogens is 2. The minimum Gasteiger partial charge on any atom is -0.370 e. The highest BCUT2D eigenvalue weighted by Gasteiger charge is 2.42. The van der Waals surface area contributed by atoms with Crippen LogP contribution in [0.25, 0.3) is 5.69 Å². The first kappa shape index (κ1) is 28.1. The molecule has 2 aliphatic heterocycles. The van der Waals surface area contributed by atoms with Gasteiger partial charge >= 0.3 is 0 Å². The number of nitrogens with zero attached hydrogens (tertiary/aromatic N) is 4. The van der Waals surface area contributed by atoms with Gasteiger partial charge in [-0.05, 0) is 104 Å². The quantitative estimate of drug-likeness (QED) is 0.231. The largest absolute Gasteiger partial charge is 0.370 e. The summed E-state index contributed by atoms with van der Waals surface area (Å²) >= 11 is 19.4. The summed E-state index contributed by atoms with van der Waals surface area (Å²) in [5, 5.41) is 5.70. The third-order valence-corrected chi connectivity index (χ3v) is 9.22. The van der Waals surface area contributed by atoms with Crippen molar-refractivity contribution in [3.8, 4) is 5.69 Å². The van der Waals surface area contributed by atoms with Crippen molar-refractivity contribution in [1.82, 2.24) is 14.9 Å². The van der Waals surface area contributed by atoms with Gasteiger partial charge in [-0.2, -0.15) is 0 Å². The lowest BCUT2D eigenvalue weighted by Crippen LogP contribution is -2.38. The molecule has 1 N–H and O–H groups in total. The molecule has 4 aromatic rings. The van der Waals surface area contributed by atoms with E-state index in [0.717, 1.165) is 52.3 Å². The highest BCUT2D eigenvalue weighted by Crippen LogP contribution is 2.45. The fourth-order valence-corrected chi connectivity index (χ4v) is 7.64. The van der Waals surface area contributed by atoms with Crippen LogP contribution in [0, 0.1) is 25.7 Å². The van der Waals surface area contributed by atoms with Crippen LogP contribution in [0.5, 0.6) is 0 Å². The van der Waals surface area contributed by atoms with Crippen LogP contribution in [-0.4, -0.2) is 27.8 Å². The van der Waals surface area contributed by atoms with Gasteiger partial charge in [0.05, 0.1) is 28.5 Å². The molecule has 6 rings (SSSR count). The Hall–Kier alpha value is -3.06. The molecule has 4 atom stereocenters. The first-order valence-electron chi connectivity index (χ1n) is 14.2. The van der Waals surface area contributed by atoms with Crippen molar-refractivity contribution in [3.05, 3.63) is 106 Å². The first-order valence-corrected chi connectivity index (χ1v) is 15.4. The lowest BCUT2D eigenvalue weighted by atomic mass is 9.91. The molecule has 2 aromatic heterocycles. The van der Waals surface area contributed by atoms with E-state index in [1.807, 2.05) is 36.5 Å². The zero-order chi connectivity index (χ0) is 28.8. The van der Waals surface area contributed by atoms with Crippen molar-refractivity contribution in [2.24, 2.45) is 11.8 Å². The van der Waals surface area contributed by atoms with Crippen molar-refractivity contribution in [2.45, 2.75) is 46.2 Å². The van der Waals surface area contributed by atoms with E-state index < -0.39 is 0 Å². The van der Waals surface area contributed by atoms with E-state index >= 15 is 0 Å². The predicted molar refractivity (Wildman–Crippen MR) is 175 cm³/mol. The molecule has 0 amide bonds. The number of piperidine rings is 1. The molecular weight excluding hydrogens is 569 g/mol. The van der Waals surface area contributed by atoms with Gasteiger partial charge in [-0.25, -0.2) is 0 Å². The lowest BCUT2D eigenvalue weighted by Gasteiger charge is -2.37. The average Bonchev–Trinajstić information content (AvgIpc) is 3.43. The minimum absolute atomic E-state index is 0.131. The van der Waals surface area contributed by atoms with Gasteiger partial charge in [0, 0.05) is 47.1 Å². The fourth-order valence-electron chi connectivity index (χ4n) is 6.81. The van der Waals surface area contributed by atoms with Crippen LogP contribution in [0.2, 0.25) is 10.0 Å². The Labute approximate surface area is 258 Å². The number of halogens is 2. The molecule has 2 aromatic carbocycles. The standard InChI is InChI=1S/C33H35Cl2N5S/c1-20-14-21(2)19-38(18-20)30-12-11-26(17-28(30)35)40-32(31(37-33(40)41)29-10-5-6-13-36-29)27-15-22(3)39(23(27)4)25-9-7-8-24(34)16-25/h5-13,15-17,20-21,31-32H,14,18-19H2,1-4H3,(H,37,41)/t20-,21+,31-,32-/m0/s1. The molecule has 2 aliphatic rings. The Morgan fingerprint density at radius 1 is 0.902 bits per heavy atom. The zero-order valence-corrected chi connectivity index (χ0v) is 26.1. The van der Waals surface area contributed by atoms with Crippen LogP contribution in [0.1, 0.15) is 55.0 Å². The molecule has 0 unspecified atom stereocenters. The molecule has 0 spiro atoms. The second kappa shape index (κ2) is 11.3. The van der Waals surface area contributed by atoms with Crippen molar-refractivity contribution >= 4 is 51.9 Å². The van der Waals surface area contributed by atoms with E-state index in [4.69, 9.17) is 40.4 Å². The Bertz CT molecular complexity index is 1580. The first-order chi connectivity index (χ1) is 19.7. The summed E-state index contributed by atoms with van der Waals surface area (Å²) in [4.78, 5) is 9.36. The van der Waals surface area contributed by atoms with E-state index in [2.05, 4.69) is 83.8 Å². The molecular formula is C33H35Cl2N5S. The smallest absolute Gasteiger partial charge is 0.174 e. The van der Waals surface area contributed by atoms with E-state index in [1.165, 1.54) is 12.0 Å². The number of hydrogen-bond donors (Lipinski definition) is 1. The summed E-state index contributed by atoms with van der Waals surface area (Å²) in [6.45, 7) is 11.0. The van der Waals surface area contributed by atoms with Gasteiger partial charge < -0.3 is 19.7 Å². The second-order valence-electron chi connectivity index (χ2n) is 11.6. The van der Waals surface area contributed by atoms with Gasteiger partial charge in [0.1, 0.15) is 0 Å². The summed E-state index contributed by atoms with van der Waals surface area (Å²) < 4.78 is 2.25. The molecule has 212 valence electrons. The van der Waals surface area contributed by atoms with E-state index in [-0.39, 0.29) is 12.1 Å². The molecule has 41 heavy (non-hydrogen) atoms. The molecule has 4 heterocycles. The van der Waals surface area contributed by atoms with Gasteiger partial charge in [-0.3, -0.25) is 4.98 Å². The Morgan fingerprint density at radius 3 is 2.37 bits per heavy atom. The molecule has 0 saturated carbocycles. The van der Waals surface area contributed by atoms with Crippen LogP contribution in [0.15, 0.2) is 72.9 Å². The molecule has 2 fully saturated rings. The number of benzene rings is 2. The fraction of sp³-hybridized carbons (Fsp3) is 0.333. The normalized spacial score (nSPS) is 22.7. The summed E-state index contributed by atoms with van der Waals surface area (Å²) in [5.41, 5.74) is 7.45. The molecule has 0 radical (unpaired) electrons. The monoisotopic (exact) mass is 603 g/mol. The highest BCUT2D eigenvalue weighted by molar-refractivity contribution is 7.80. The highest BCUT2D eigenvalue weighted by atomic mass is 35.5. The number of aryl methyl sites for hydroxylation is 1. The molecule has 5 nitrogen and oxygen atoms in total. The van der Waals surface area contributed by atoms with Crippen molar-refractivity contribution in [1.29, 1.82) is 0 Å². The second-order valence-corrected chi connectivity index (χ2v) is 12.9. The Morgan fingerprint density at radius 2 is 1.68 bits per heavy atom. The van der Waals surface area contributed by atoms with Crippen LogP contribution in [-0.2, 0) is 0 Å². The Kier molecular flexibility index (Phi) is 7.75. The summed E-state index contributed by atoms with van der Waals surface area (Å²) in [6, 6.07) is 22.4. The number of pyridine rings is 1. The van der Waals surface area contributed by atoms with Gasteiger partial charge in [0.25, 0.3) is 0 Å². The topological polar surface area (TPSA) is 36.3 Å². The van der Waals surface area contributed by atoms with Crippen molar-refractivity contribution in [3.63, 3.8) is 0 Å². The number of thiocarbonyl (C=S) groups is 1. The number of anilines is 2. The molecule has 0 bridgehead atoms. The van der Waals surface area contributed by atoms with Gasteiger partial charge in [0.15, 0.2) is 5.11 Å². The maximum Gasteiger partial charge on any atom is 0.174 e. The maximum atomic E-state index is 7.03. The number of rotatable bonds is 5. The number of hydrogen-bond acceptors (Lipinski definition) is 3. The minimum atomic E-state index is -0.140. The number of nitrogens with one attached hydrogen (secondary N) is 1. The van der Waals surface area contributed by atoms with Crippen LogP contribution in [0.4, 0.5) is 11.4 Å². The maximum absolute atomic E-state index is 7.03. The molecule has 0 aliphatic carbocycles. The van der Waals surface area contributed by atoms with Crippen molar-refractivity contribution in [2.75, 3.05) is 22.9 Å². The SMILES string of the molecule is Cc1cc([C@H]2[C@H](c3ccccn3)NC(=S)N2c2ccc(N3C[C@H](C)C[C@H](C)C3)c(Cl)c2)c(C)n1-c1cccc(Cl)c1. The summed E-state index contributed by atoms with van der Waals surface area (Å²) in [6.07, 6.45) is 3.09. The summed E-state index contributed by atoms with van der Waals surface area (Å²) in [7, 11) is 0.